The highest BCUT2D eigenvalue weighted by molar-refractivity contribution is 5.62. The summed E-state index contributed by atoms with van der Waals surface area (Å²) in [6.07, 6.45) is 14.2. The topological polar surface area (TPSA) is 61.3 Å². The molecule has 0 aromatic heterocycles. The number of ether oxygens (including phenoxy) is 1. The lowest BCUT2D eigenvalue weighted by molar-refractivity contribution is 0.416. The largest absolute Gasteiger partial charge is 0.455 e. The Balaban J connectivity index is 1.84. The summed E-state index contributed by atoms with van der Waals surface area (Å²) in [4.78, 5) is 0. The number of aryl methyl sites for hydroxylation is 1. The van der Waals surface area contributed by atoms with Crippen LogP contribution in [0.1, 0.15) is 88.2 Å². The average molecular weight is 381 g/mol. The van der Waals surface area contributed by atoms with Gasteiger partial charge in [-0.3, -0.25) is 0 Å². The minimum atomic E-state index is 0.597. The third-order valence-corrected chi connectivity index (χ3v) is 5.97. The van der Waals surface area contributed by atoms with Gasteiger partial charge in [0, 0.05) is 11.3 Å². The quantitative estimate of drug-likeness (QED) is 0.357. The van der Waals surface area contributed by atoms with E-state index in [9.17, 15) is 0 Å². The SMILES string of the molecule is CCCCCCCc1cccc(Oc2ccc(N)cc2N)c1C1CCCCC1. The summed E-state index contributed by atoms with van der Waals surface area (Å²) >= 11 is 0. The molecular formula is C25H36N2O. The summed E-state index contributed by atoms with van der Waals surface area (Å²) in [5.41, 5.74) is 16.2. The van der Waals surface area contributed by atoms with Gasteiger partial charge in [0.05, 0.1) is 5.69 Å². The highest BCUT2D eigenvalue weighted by Gasteiger charge is 2.23. The number of hydrogen-bond donors (Lipinski definition) is 2. The highest BCUT2D eigenvalue weighted by atomic mass is 16.5. The van der Waals surface area contributed by atoms with Crippen LogP contribution in [0.25, 0.3) is 0 Å². The molecule has 2 aromatic carbocycles. The van der Waals surface area contributed by atoms with Crippen molar-refractivity contribution < 1.29 is 4.74 Å². The molecule has 0 bridgehead atoms. The molecule has 1 aliphatic rings. The van der Waals surface area contributed by atoms with Gasteiger partial charge in [0.1, 0.15) is 11.5 Å². The maximum absolute atomic E-state index is 6.35. The van der Waals surface area contributed by atoms with Crippen molar-refractivity contribution >= 4 is 11.4 Å². The molecule has 4 N–H and O–H groups in total. The molecule has 3 heteroatoms. The minimum Gasteiger partial charge on any atom is -0.455 e. The van der Waals surface area contributed by atoms with Crippen LogP contribution in [0.2, 0.25) is 0 Å². The van der Waals surface area contributed by atoms with Gasteiger partial charge in [0.2, 0.25) is 0 Å². The number of benzene rings is 2. The molecule has 28 heavy (non-hydrogen) atoms. The Labute approximate surface area is 170 Å². The number of nitrogens with two attached hydrogens (primary N) is 2. The number of unbranched alkanes of at least 4 members (excludes halogenated alkanes) is 4. The molecule has 0 radical (unpaired) electrons. The number of nitrogen functional groups attached to an aromatic ring is 2. The van der Waals surface area contributed by atoms with Crippen LogP contribution < -0.4 is 16.2 Å². The van der Waals surface area contributed by atoms with E-state index in [0.717, 1.165) is 12.2 Å². The number of hydrogen-bond acceptors (Lipinski definition) is 3. The van der Waals surface area contributed by atoms with E-state index in [1.165, 1.54) is 75.3 Å². The number of rotatable bonds is 9. The van der Waals surface area contributed by atoms with Crippen LogP contribution >= 0.6 is 0 Å². The van der Waals surface area contributed by atoms with Crippen LogP contribution in [0.3, 0.4) is 0 Å². The van der Waals surface area contributed by atoms with E-state index < -0.39 is 0 Å². The smallest absolute Gasteiger partial charge is 0.150 e. The predicted octanol–water partition coefficient (Wildman–Crippen LogP) is 7.20. The van der Waals surface area contributed by atoms with Gasteiger partial charge in [-0.25, -0.2) is 0 Å². The van der Waals surface area contributed by atoms with Crippen LogP contribution in [0.15, 0.2) is 36.4 Å². The molecule has 3 nitrogen and oxygen atoms in total. The average Bonchev–Trinajstić information content (AvgIpc) is 2.71. The third kappa shape index (κ3) is 5.43. The molecule has 1 fully saturated rings. The molecular weight excluding hydrogens is 344 g/mol. The molecule has 0 aliphatic heterocycles. The minimum absolute atomic E-state index is 0.597. The Morgan fingerprint density at radius 2 is 1.68 bits per heavy atom. The summed E-state index contributed by atoms with van der Waals surface area (Å²) in [5, 5.41) is 0. The molecule has 0 amide bonds. The third-order valence-electron chi connectivity index (χ3n) is 5.97. The Kier molecular flexibility index (Phi) is 7.64. The Bertz CT molecular complexity index is 750. The van der Waals surface area contributed by atoms with E-state index in [1.807, 2.05) is 12.1 Å². The van der Waals surface area contributed by atoms with E-state index >= 15 is 0 Å². The normalized spacial score (nSPS) is 14.9. The fourth-order valence-electron chi connectivity index (χ4n) is 4.45. The second-order valence-electron chi connectivity index (χ2n) is 8.23. The monoisotopic (exact) mass is 380 g/mol. The van der Waals surface area contributed by atoms with Crippen LogP contribution in [0.5, 0.6) is 11.5 Å². The lowest BCUT2D eigenvalue weighted by Crippen LogP contribution is -2.09. The first kappa shape index (κ1) is 20.6. The standard InChI is InChI=1S/C25H36N2O/c1-2-3-4-5-7-11-20-14-10-15-24(25(20)19-12-8-6-9-13-19)28-23-17-16-21(26)18-22(23)27/h10,14-19H,2-9,11-13,26-27H2,1H3. The van der Waals surface area contributed by atoms with Gasteiger partial charge in [-0.15, -0.1) is 0 Å². The second-order valence-corrected chi connectivity index (χ2v) is 8.23. The van der Waals surface area contributed by atoms with Gasteiger partial charge in [0.15, 0.2) is 0 Å². The molecule has 0 saturated heterocycles. The van der Waals surface area contributed by atoms with E-state index in [-0.39, 0.29) is 0 Å². The summed E-state index contributed by atoms with van der Waals surface area (Å²) in [7, 11) is 0. The lowest BCUT2D eigenvalue weighted by atomic mass is 9.80. The van der Waals surface area contributed by atoms with Gasteiger partial charge in [0.25, 0.3) is 0 Å². The van der Waals surface area contributed by atoms with Crippen molar-refractivity contribution in [1.29, 1.82) is 0 Å². The van der Waals surface area contributed by atoms with Crippen molar-refractivity contribution in [3.63, 3.8) is 0 Å². The van der Waals surface area contributed by atoms with Gasteiger partial charge >= 0.3 is 0 Å². The molecule has 3 rings (SSSR count). The second kappa shape index (κ2) is 10.4. The molecule has 0 heterocycles. The van der Waals surface area contributed by atoms with Crippen LogP contribution in [-0.4, -0.2) is 0 Å². The van der Waals surface area contributed by atoms with Gasteiger partial charge in [-0.05, 0) is 61.4 Å². The van der Waals surface area contributed by atoms with Gasteiger partial charge in [-0.2, -0.15) is 0 Å². The first-order valence-electron chi connectivity index (χ1n) is 11.1. The molecule has 0 spiro atoms. The fourth-order valence-corrected chi connectivity index (χ4v) is 4.45. The Morgan fingerprint density at radius 3 is 2.43 bits per heavy atom. The summed E-state index contributed by atoms with van der Waals surface area (Å²) in [6, 6.07) is 12.1. The lowest BCUT2D eigenvalue weighted by Gasteiger charge is -2.27. The van der Waals surface area contributed by atoms with E-state index in [2.05, 4.69) is 25.1 Å². The van der Waals surface area contributed by atoms with Crippen molar-refractivity contribution in [3.8, 4) is 11.5 Å². The summed E-state index contributed by atoms with van der Waals surface area (Å²) in [6.45, 7) is 2.27. The first-order chi connectivity index (χ1) is 13.7. The van der Waals surface area contributed by atoms with Crippen molar-refractivity contribution in [2.24, 2.45) is 0 Å². The zero-order chi connectivity index (χ0) is 19.8. The zero-order valence-electron chi connectivity index (χ0n) is 17.4. The van der Waals surface area contributed by atoms with Crippen LogP contribution in [0, 0.1) is 0 Å². The van der Waals surface area contributed by atoms with Gasteiger partial charge < -0.3 is 16.2 Å². The van der Waals surface area contributed by atoms with Crippen LogP contribution in [-0.2, 0) is 6.42 Å². The fraction of sp³-hybridized carbons (Fsp3) is 0.520. The first-order valence-corrected chi connectivity index (χ1v) is 11.1. The van der Waals surface area contributed by atoms with Gasteiger partial charge in [-0.1, -0.05) is 64.0 Å². The highest BCUT2D eigenvalue weighted by Crippen LogP contribution is 2.42. The van der Waals surface area contributed by atoms with Crippen molar-refractivity contribution in [2.45, 2.75) is 83.5 Å². The van der Waals surface area contributed by atoms with E-state index in [1.54, 1.807) is 6.07 Å². The molecule has 1 aliphatic carbocycles. The van der Waals surface area contributed by atoms with E-state index in [0.29, 0.717) is 23.0 Å². The molecule has 152 valence electrons. The van der Waals surface area contributed by atoms with Crippen molar-refractivity contribution in [3.05, 3.63) is 47.5 Å². The van der Waals surface area contributed by atoms with E-state index in [4.69, 9.17) is 16.2 Å². The summed E-state index contributed by atoms with van der Waals surface area (Å²) in [5.74, 6) is 2.28. The molecule has 1 saturated carbocycles. The van der Waals surface area contributed by atoms with Crippen molar-refractivity contribution in [1.82, 2.24) is 0 Å². The maximum atomic E-state index is 6.35. The predicted molar refractivity (Wildman–Crippen MR) is 120 cm³/mol. The Morgan fingerprint density at radius 1 is 0.893 bits per heavy atom. The molecule has 2 aromatic rings. The summed E-state index contributed by atoms with van der Waals surface area (Å²) < 4.78 is 6.35. The Hall–Kier alpha value is -2.16. The van der Waals surface area contributed by atoms with Crippen molar-refractivity contribution in [2.75, 3.05) is 11.5 Å². The maximum Gasteiger partial charge on any atom is 0.150 e. The zero-order valence-corrected chi connectivity index (χ0v) is 17.4. The van der Waals surface area contributed by atoms with Crippen LogP contribution in [0.4, 0.5) is 11.4 Å². The number of anilines is 2. The molecule has 0 unspecified atom stereocenters. The molecule has 0 atom stereocenters.